The van der Waals surface area contributed by atoms with Crippen LogP contribution in [-0.4, -0.2) is 63.8 Å². The maximum atomic E-state index is 12.8. The summed E-state index contributed by atoms with van der Waals surface area (Å²) in [6, 6.07) is 2.08. The number of carbonyl (C=O) groups is 1. The van der Waals surface area contributed by atoms with Crippen LogP contribution in [0.1, 0.15) is 60.5 Å². The molecule has 148 valence electrons. The zero-order valence-electron chi connectivity index (χ0n) is 16.6. The van der Waals surface area contributed by atoms with Gasteiger partial charge in [-0.15, -0.1) is 11.3 Å². The van der Waals surface area contributed by atoms with Crippen molar-refractivity contribution in [2.75, 3.05) is 33.3 Å². The van der Waals surface area contributed by atoms with Crippen LogP contribution < -0.4 is 0 Å². The summed E-state index contributed by atoms with van der Waals surface area (Å²) in [4.78, 5) is 21.8. The fourth-order valence-electron chi connectivity index (χ4n) is 3.15. The minimum Gasteiger partial charge on any atom is -0.375 e. The molecule has 0 saturated carbocycles. The molecule has 0 bridgehead atoms. The lowest BCUT2D eigenvalue weighted by Gasteiger charge is -2.21. The van der Waals surface area contributed by atoms with Crippen LogP contribution in [0.3, 0.4) is 0 Å². The molecule has 0 aromatic carbocycles. The van der Waals surface area contributed by atoms with Gasteiger partial charge in [0.05, 0.1) is 5.69 Å². The molecule has 0 N–H and O–H groups in total. The van der Waals surface area contributed by atoms with Gasteiger partial charge in [-0.2, -0.15) is 5.10 Å². The molecule has 0 unspecified atom stereocenters. The van der Waals surface area contributed by atoms with Crippen LogP contribution in [0.15, 0.2) is 17.6 Å². The van der Waals surface area contributed by atoms with Gasteiger partial charge in [-0.3, -0.25) is 14.4 Å². The first-order chi connectivity index (χ1) is 13.0. The number of methoxy groups -OCH3 is 1. The van der Waals surface area contributed by atoms with E-state index in [1.54, 1.807) is 18.4 Å². The van der Waals surface area contributed by atoms with E-state index in [1.165, 1.54) is 0 Å². The fourth-order valence-corrected chi connectivity index (χ4v) is 3.99. The van der Waals surface area contributed by atoms with Crippen LogP contribution in [0.4, 0.5) is 0 Å². The highest BCUT2D eigenvalue weighted by molar-refractivity contribution is 7.09. The van der Waals surface area contributed by atoms with Gasteiger partial charge in [0.2, 0.25) is 0 Å². The highest BCUT2D eigenvalue weighted by atomic mass is 32.1. The number of thiazole rings is 1. The van der Waals surface area contributed by atoms with E-state index >= 15 is 0 Å². The number of hydrogen-bond donors (Lipinski definition) is 0. The second-order valence-electron chi connectivity index (χ2n) is 7.25. The second kappa shape index (κ2) is 8.95. The van der Waals surface area contributed by atoms with Crippen molar-refractivity contribution < 1.29 is 9.53 Å². The molecule has 1 aliphatic rings. The van der Waals surface area contributed by atoms with E-state index in [0.29, 0.717) is 5.69 Å². The monoisotopic (exact) mass is 391 g/mol. The summed E-state index contributed by atoms with van der Waals surface area (Å²) in [6.07, 6.45) is 2.87. The summed E-state index contributed by atoms with van der Waals surface area (Å²) in [6.45, 7) is 10.3. The molecule has 2 aromatic heterocycles. The topological polar surface area (TPSA) is 63.5 Å². The van der Waals surface area contributed by atoms with E-state index < -0.39 is 0 Å². The molecular weight excluding hydrogens is 362 g/mol. The third-order valence-electron chi connectivity index (χ3n) is 4.89. The lowest BCUT2D eigenvalue weighted by molar-refractivity contribution is 0.0754. The van der Waals surface area contributed by atoms with Crippen molar-refractivity contribution in [1.82, 2.24) is 24.6 Å². The molecule has 3 rings (SSSR count). The highest BCUT2D eigenvalue weighted by Gasteiger charge is 2.23. The molecule has 0 spiro atoms. The maximum absolute atomic E-state index is 12.8. The van der Waals surface area contributed by atoms with E-state index in [0.717, 1.165) is 49.8 Å². The normalized spacial score (nSPS) is 17.3. The minimum absolute atomic E-state index is 0.0288. The number of rotatable bonds is 6. The van der Waals surface area contributed by atoms with Crippen molar-refractivity contribution in [3.8, 4) is 0 Å². The summed E-state index contributed by atoms with van der Waals surface area (Å²) in [5.74, 6) is 0.0288. The van der Waals surface area contributed by atoms with Gasteiger partial charge in [0.15, 0.2) is 0 Å². The molecular formula is C19H29N5O2S. The van der Waals surface area contributed by atoms with E-state index in [2.05, 4.69) is 34.2 Å². The molecule has 0 aliphatic carbocycles. The van der Waals surface area contributed by atoms with Crippen LogP contribution >= 0.6 is 11.3 Å². The lowest BCUT2D eigenvalue weighted by Crippen LogP contribution is -2.35. The number of aromatic nitrogens is 3. The number of nitrogens with zero attached hydrogens (tertiary/aromatic N) is 5. The van der Waals surface area contributed by atoms with Gasteiger partial charge in [0, 0.05) is 57.5 Å². The predicted octanol–water partition coefficient (Wildman–Crippen LogP) is 2.98. The largest absolute Gasteiger partial charge is 0.375 e. The van der Waals surface area contributed by atoms with Gasteiger partial charge in [-0.05, 0) is 33.3 Å². The Labute approximate surface area is 164 Å². The van der Waals surface area contributed by atoms with Crippen LogP contribution in [0.2, 0.25) is 0 Å². The Kier molecular flexibility index (Phi) is 6.62. The Morgan fingerprint density at radius 3 is 2.78 bits per heavy atom. The number of hydrogen-bond acceptors (Lipinski definition) is 6. The molecule has 1 saturated heterocycles. The Balaban J connectivity index is 1.56. The van der Waals surface area contributed by atoms with Crippen LogP contribution in [0, 0.1) is 0 Å². The van der Waals surface area contributed by atoms with Crippen molar-refractivity contribution >= 4 is 17.2 Å². The molecule has 1 amide bonds. The predicted molar refractivity (Wildman–Crippen MR) is 106 cm³/mol. The molecule has 7 nitrogen and oxygen atoms in total. The summed E-state index contributed by atoms with van der Waals surface area (Å²) >= 11 is 1.65. The van der Waals surface area contributed by atoms with E-state index in [9.17, 15) is 4.79 Å². The number of amides is 1. The molecule has 2 aromatic rings. The molecule has 3 heterocycles. The van der Waals surface area contributed by atoms with Gasteiger partial charge < -0.3 is 9.64 Å². The summed E-state index contributed by atoms with van der Waals surface area (Å²) < 4.78 is 7.17. The zero-order chi connectivity index (χ0) is 19.4. The molecule has 27 heavy (non-hydrogen) atoms. The van der Waals surface area contributed by atoms with E-state index in [1.807, 2.05) is 28.8 Å². The SMILES string of the molecule is CO[C@@H](C)c1nc(CN2CCCN(C(=O)c3ccn(C(C)C)n3)CC2)cs1. The summed E-state index contributed by atoms with van der Waals surface area (Å²) in [5.41, 5.74) is 1.61. The first-order valence-electron chi connectivity index (χ1n) is 9.51. The molecule has 1 aliphatic heterocycles. The smallest absolute Gasteiger partial charge is 0.274 e. The molecule has 1 fully saturated rings. The third-order valence-corrected chi connectivity index (χ3v) is 5.94. The first-order valence-corrected chi connectivity index (χ1v) is 10.4. The Hall–Kier alpha value is -1.77. The summed E-state index contributed by atoms with van der Waals surface area (Å²) in [5, 5.41) is 7.54. The van der Waals surface area contributed by atoms with Crippen molar-refractivity contribution in [2.24, 2.45) is 0 Å². The zero-order valence-corrected chi connectivity index (χ0v) is 17.4. The van der Waals surface area contributed by atoms with Gasteiger partial charge >= 0.3 is 0 Å². The second-order valence-corrected chi connectivity index (χ2v) is 8.14. The summed E-state index contributed by atoms with van der Waals surface area (Å²) in [7, 11) is 1.70. The average Bonchev–Trinajstić information content (AvgIpc) is 3.27. The minimum atomic E-state index is 0.0288. The van der Waals surface area contributed by atoms with Crippen LogP contribution in [-0.2, 0) is 11.3 Å². The van der Waals surface area contributed by atoms with Gasteiger partial charge in [-0.25, -0.2) is 4.98 Å². The average molecular weight is 392 g/mol. The Morgan fingerprint density at radius 1 is 1.26 bits per heavy atom. The van der Waals surface area contributed by atoms with E-state index in [4.69, 9.17) is 4.74 Å². The van der Waals surface area contributed by atoms with Crippen LogP contribution in [0.25, 0.3) is 0 Å². The number of carbonyl (C=O) groups excluding carboxylic acids is 1. The maximum Gasteiger partial charge on any atom is 0.274 e. The highest BCUT2D eigenvalue weighted by Crippen LogP contribution is 2.21. The molecule has 0 radical (unpaired) electrons. The fraction of sp³-hybridized carbons (Fsp3) is 0.632. The van der Waals surface area contributed by atoms with Crippen LogP contribution in [0.5, 0.6) is 0 Å². The number of ether oxygens (including phenoxy) is 1. The quantitative estimate of drug-likeness (QED) is 0.757. The van der Waals surface area contributed by atoms with Crippen molar-refractivity contribution in [1.29, 1.82) is 0 Å². The molecule has 8 heteroatoms. The first kappa shape index (κ1) is 20.0. The third kappa shape index (κ3) is 4.94. The van der Waals surface area contributed by atoms with Gasteiger partial charge in [-0.1, -0.05) is 0 Å². The Bertz CT molecular complexity index is 757. The Morgan fingerprint density at radius 2 is 2.07 bits per heavy atom. The van der Waals surface area contributed by atoms with E-state index in [-0.39, 0.29) is 18.1 Å². The van der Waals surface area contributed by atoms with Crippen molar-refractivity contribution in [2.45, 2.75) is 45.9 Å². The van der Waals surface area contributed by atoms with Crippen molar-refractivity contribution in [3.05, 3.63) is 34.0 Å². The van der Waals surface area contributed by atoms with Crippen molar-refractivity contribution in [3.63, 3.8) is 0 Å². The lowest BCUT2D eigenvalue weighted by atomic mass is 10.3. The van der Waals surface area contributed by atoms with Gasteiger partial charge in [0.1, 0.15) is 16.8 Å². The molecule has 1 atom stereocenters. The standard InChI is InChI=1S/C19H29N5O2S/c1-14(2)24-9-6-17(21-24)19(25)23-8-5-7-22(10-11-23)12-16-13-27-18(20-16)15(3)26-4/h6,9,13-15H,5,7-8,10-12H2,1-4H3/t15-/m0/s1. The van der Waals surface area contributed by atoms with Gasteiger partial charge in [0.25, 0.3) is 5.91 Å².